The molecule has 5 heteroatoms. The van der Waals surface area contributed by atoms with Crippen LogP contribution in [0.2, 0.25) is 0 Å². The zero-order valence-electron chi connectivity index (χ0n) is 16.5. The number of aromatic nitrogens is 1. The van der Waals surface area contributed by atoms with Gasteiger partial charge in [-0.1, -0.05) is 30.3 Å². The van der Waals surface area contributed by atoms with Crippen LogP contribution in [0.25, 0.3) is 32.9 Å². The van der Waals surface area contributed by atoms with Crippen molar-refractivity contribution in [3.8, 4) is 11.1 Å². The predicted molar refractivity (Wildman–Crippen MR) is 116 cm³/mol. The first kappa shape index (κ1) is 17.7. The molecule has 0 unspecified atom stereocenters. The van der Waals surface area contributed by atoms with Crippen LogP contribution >= 0.6 is 0 Å². The molecule has 30 heavy (non-hydrogen) atoms. The molecule has 0 fully saturated rings. The summed E-state index contributed by atoms with van der Waals surface area (Å²) in [6.07, 6.45) is 1.46. The lowest BCUT2D eigenvalue weighted by Crippen LogP contribution is -2.13. The van der Waals surface area contributed by atoms with E-state index in [4.69, 9.17) is 0 Å². The molecule has 0 radical (unpaired) electrons. The number of aryl methyl sites for hydroxylation is 1. The lowest BCUT2D eigenvalue weighted by atomic mass is 9.92. The van der Waals surface area contributed by atoms with Gasteiger partial charge < -0.3 is 20.1 Å². The van der Waals surface area contributed by atoms with Crippen molar-refractivity contribution in [2.24, 2.45) is 0 Å². The standard InChI is InChI=1S/C25H22N2O3/c28-9-3-8-27-20-7-6-14(13-29)10-17(20)22-19-12-26-25(30)23(19)21-16-5-2-1-4-15(16)11-18(21)24(22)27/h1-2,4-7,10,28-29H,3,8-9,11-13H2,(H,26,30). The van der Waals surface area contributed by atoms with Crippen LogP contribution < -0.4 is 5.32 Å². The molecule has 1 aromatic heterocycles. The SMILES string of the molecule is O=C1NCc2c1c1c(c3c2c2cc(CO)ccc2n3CCCO)Cc2ccccc2-1. The summed E-state index contributed by atoms with van der Waals surface area (Å²) in [7, 11) is 0. The van der Waals surface area contributed by atoms with Crippen LogP contribution in [0.1, 0.15) is 39.0 Å². The molecular weight excluding hydrogens is 376 g/mol. The van der Waals surface area contributed by atoms with Crippen LogP contribution in [0, 0.1) is 0 Å². The van der Waals surface area contributed by atoms with Crippen molar-refractivity contribution in [1.29, 1.82) is 0 Å². The Labute approximate surface area is 173 Å². The number of carbonyl (C=O) groups is 1. The van der Waals surface area contributed by atoms with Crippen LogP contribution in [-0.4, -0.2) is 27.3 Å². The number of nitrogens with zero attached hydrogens (tertiary/aromatic N) is 1. The molecule has 0 atom stereocenters. The Hall–Kier alpha value is -3.15. The maximum Gasteiger partial charge on any atom is 0.252 e. The van der Waals surface area contributed by atoms with Gasteiger partial charge in [-0.15, -0.1) is 0 Å². The molecule has 2 heterocycles. The van der Waals surface area contributed by atoms with Crippen molar-refractivity contribution in [2.45, 2.75) is 32.5 Å². The van der Waals surface area contributed by atoms with Crippen molar-refractivity contribution in [3.63, 3.8) is 0 Å². The van der Waals surface area contributed by atoms with E-state index < -0.39 is 0 Å². The van der Waals surface area contributed by atoms with E-state index in [1.807, 2.05) is 18.2 Å². The van der Waals surface area contributed by atoms with Gasteiger partial charge in [0.05, 0.1) is 17.7 Å². The Morgan fingerprint density at radius 3 is 2.73 bits per heavy atom. The summed E-state index contributed by atoms with van der Waals surface area (Å²) in [5, 5.41) is 24.5. The van der Waals surface area contributed by atoms with Gasteiger partial charge in [0.25, 0.3) is 5.91 Å². The number of carbonyl (C=O) groups excluding carboxylic acids is 1. The number of rotatable bonds is 4. The van der Waals surface area contributed by atoms with Gasteiger partial charge in [0.1, 0.15) is 0 Å². The molecule has 0 spiro atoms. The lowest BCUT2D eigenvalue weighted by Gasteiger charge is -2.13. The zero-order chi connectivity index (χ0) is 20.4. The Morgan fingerprint density at radius 1 is 1.03 bits per heavy atom. The summed E-state index contributed by atoms with van der Waals surface area (Å²) in [6, 6.07) is 14.4. The minimum Gasteiger partial charge on any atom is -0.396 e. The quantitative estimate of drug-likeness (QED) is 0.434. The van der Waals surface area contributed by atoms with Gasteiger partial charge in [0.15, 0.2) is 0 Å². The molecule has 4 aromatic rings. The van der Waals surface area contributed by atoms with Crippen LogP contribution in [0.5, 0.6) is 0 Å². The minimum absolute atomic E-state index is 0.00516. The summed E-state index contributed by atoms with van der Waals surface area (Å²) < 4.78 is 2.30. The third-order valence-corrected chi connectivity index (χ3v) is 6.60. The summed E-state index contributed by atoms with van der Waals surface area (Å²) in [4.78, 5) is 12.9. The number of amides is 1. The highest BCUT2D eigenvalue weighted by atomic mass is 16.3. The molecule has 2 aliphatic rings. The Bertz CT molecular complexity index is 1370. The normalized spacial score (nSPS) is 14.3. The Kier molecular flexibility index (Phi) is 3.79. The number of aliphatic hydroxyl groups is 2. The monoisotopic (exact) mass is 398 g/mol. The largest absolute Gasteiger partial charge is 0.396 e. The highest BCUT2D eigenvalue weighted by Crippen LogP contribution is 2.48. The second-order valence-corrected chi connectivity index (χ2v) is 8.19. The van der Waals surface area contributed by atoms with E-state index in [9.17, 15) is 15.0 Å². The molecule has 1 aliphatic heterocycles. The first-order valence-electron chi connectivity index (χ1n) is 10.4. The first-order chi connectivity index (χ1) is 14.7. The zero-order valence-corrected chi connectivity index (χ0v) is 16.5. The average molecular weight is 398 g/mol. The van der Waals surface area contributed by atoms with E-state index in [1.54, 1.807) is 0 Å². The third kappa shape index (κ3) is 2.22. The van der Waals surface area contributed by atoms with Gasteiger partial charge in [-0.2, -0.15) is 0 Å². The third-order valence-electron chi connectivity index (χ3n) is 6.60. The van der Waals surface area contributed by atoms with Gasteiger partial charge in [-0.3, -0.25) is 4.79 Å². The van der Waals surface area contributed by atoms with Gasteiger partial charge in [0.2, 0.25) is 0 Å². The van der Waals surface area contributed by atoms with Crippen molar-refractivity contribution >= 4 is 27.7 Å². The lowest BCUT2D eigenvalue weighted by molar-refractivity contribution is 0.0966. The molecule has 150 valence electrons. The fraction of sp³-hybridized carbons (Fsp3) is 0.240. The van der Waals surface area contributed by atoms with Crippen LogP contribution in [0.4, 0.5) is 0 Å². The highest BCUT2D eigenvalue weighted by molar-refractivity contribution is 6.20. The van der Waals surface area contributed by atoms with E-state index in [1.165, 1.54) is 11.1 Å². The predicted octanol–water partition coefficient (Wildman–Crippen LogP) is 3.48. The molecule has 3 aromatic carbocycles. The molecule has 0 saturated heterocycles. The van der Waals surface area contributed by atoms with Crippen LogP contribution in [-0.2, 0) is 26.1 Å². The first-order valence-corrected chi connectivity index (χ1v) is 10.4. The summed E-state index contributed by atoms with van der Waals surface area (Å²) >= 11 is 0. The Balaban J connectivity index is 1.82. The van der Waals surface area contributed by atoms with Crippen molar-refractivity contribution in [3.05, 3.63) is 70.3 Å². The fourth-order valence-corrected chi connectivity index (χ4v) is 5.39. The number of hydrogen-bond acceptors (Lipinski definition) is 3. The topological polar surface area (TPSA) is 74.5 Å². The summed E-state index contributed by atoms with van der Waals surface area (Å²) in [5.41, 5.74) is 9.62. The fourth-order valence-electron chi connectivity index (χ4n) is 5.39. The number of hydrogen-bond donors (Lipinski definition) is 3. The second-order valence-electron chi connectivity index (χ2n) is 8.19. The van der Waals surface area contributed by atoms with Gasteiger partial charge in [-0.25, -0.2) is 0 Å². The smallest absolute Gasteiger partial charge is 0.252 e. The van der Waals surface area contributed by atoms with Gasteiger partial charge >= 0.3 is 0 Å². The highest BCUT2D eigenvalue weighted by Gasteiger charge is 2.35. The molecule has 3 N–H and O–H groups in total. The maximum absolute atomic E-state index is 12.9. The summed E-state index contributed by atoms with van der Waals surface area (Å²) in [5.74, 6) is -0.00516. The van der Waals surface area contributed by atoms with Crippen LogP contribution in [0.3, 0.4) is 0 Å². The number of nitrogens with one attached hydrogen (secondary N) is 1. The van der Waals surface area contributed by atoms with E-state index in [0.717, 1.165) is 56.0 Å². The van der Waals surface area contributed by atoms with Crippen molar-refractivity contribution < 1.29 is 15.0 Å². The Morgan fingerprint density at radius 2 is 1.90 bits per heavy atom. The maximum atomic E-state index is 12.9. The van der Waals surface area contributed by atoms with Gasteiger partial charge in [-0.05, 0) is 46.4 Å². The minimum atomic E-state index is -0.0188. The molecule has 1 amide bonds. The summed E-state index contributed by atoms with van der Waals surface area (Å²) in [6.45, 7) is 1.33. The van der Waals surface area contributed by atoms with Crippen molar-refractivity contribution in [1.82, 2.24) is 9.88 Å². The second kappa shape index (κ2) is 6.42. The van der Waals surface area contributed by atoms with Crippen LogP contribution in [0.15, 0.2) is 42.5 Å². The number of fused-ring (bicyclic) bond motifs is 10. The molecule has 0 saturated carbocycles. The van der Waals surface area contributed by atoms with E-state index in [2.05, 4.69) is 34.1 Å². The number of aliphatic hydroxyl groups excluding tert-OH is 2. The molecule has 0 bridgehead atoms. The van der Waals surface area contributed by atoms with Crippen molar-refractivity contribution in [2.75, 3.05) is 6.61 Å². The molecule has 5 nitrogen and oxygen atoms in total. The van der Waals surface area contributed by atoms with E-state index in [0.29, 0.717) is 19.5 Å². The molecule has 1 aliphatic carbocycles. The van der Waals surface area contributed by atoms with Gasteiger partial charge in [0, 0.05) is 48.0 Å². The number of benzene rings is 3. The van der Waals surface area contributed by atoms with E-state index >= 15 is 0 Å². The molecule has 6 rings (SSSR count). The van der Waals surface area contributed by atoms with E-state index in [-0.39, 0.29) is 19.1 Å². The average Bonchev–Trinajstić information content (AvgIpc) is 3.43. The molecular formula is C25H22N2O3.